The van der Waals surface area contributed by atoms with Crippen molar-refractivity contribution < 1.29 is 11.0 Å². The molecule has 2 aliphatic carbocycles. The van der Waals surface area contributed by atoms with Crippen LogP contribution in [0.5, 0.6) is 0 Å². The van der Waals surface area contributed by atoms with Gasteiger partial charge in [0.05, 0.1) is 12.0 Å². The highest BCUT2D eigenvalue weighted by atomic mass is 16.5. The van der Waals surface area contributed by atoms with Gasteiger partial charge in [-0.1, -0.05) is 6.42 Å². The Kier molecular flexibility index (Phi) is 3.22. The first-order chi connectivity index (χ1) is 7.70. The number of ether oxygens (including phenoxy) is 1. The van der Waals surface area contributed by atoms with Crippen LogP contribution >= 0.6 is 0 Å². The van der Waals surface area contributed by atoms with Crippen molar-refractivity contribution in [1.82, 2.24) is 0 Å². The molecule has 0 aromatic rings. The normalized spacial score (nSPS) is 23.8. The summed E-state index contributed by atoms with van der Waals surface area (Å²) in [5, 5.41) is 0. The molecule has 1 fully saturated rings. The van der Waals surface area contributed by atoms with Crippen molar-refractivity contribution >= 4 is 5.97 Å². The molecule has 0 heterocycles. The lowest BCUT2D eigenvalue weighted by Crippen LogP contribution is -2.43. The zero-order chi connectivity index (χ0) is 11.6. The van der Waals surface area contributed by atoms with Gasteiger partial charge in [0, 0.05) is 7.12 Å². The molecule has 2 aliphatic rings. The molecular formula is C13H23NO2. The number of esters is 1. The summed E-state index contributed by atoms with van der Waals surface area (Å²) in [7, 11) is 0. The topological polar surface area (TPSA) is 52.3 Å². The van der Waals surface area contributed by atoms with Gasteiger partial charge in [-0.15, -0.1) is 0 Å². The Balaban J connectivity index is 0.00000144. The summed E-state index contributed by atoms with van der Waals surface area (Å²) in [6.45, 7) is 2.33. The molecule has 0 amide bonds. The predicted octanol–water partition coefficient (Wildman–Crippen LogP) is 2.75. The van der Waals surface area contributed by atoms with Gasteiger partial charge in [0.1, 0.15) is 0 Å². The van der Waals surface area contributed by atoms with Crippen LogP contribution in [0.4, 0.5) is 0 Å². The summed E-state index contributed by atoms with van der Waals surface area (Å²) in [6.07, 6.45) is 7.26. The van der Waals surface area contributed by atoms with Gasteiger partial charge in [-0.2, -0.15) is 0 Å². The summed E-state index contributed by atoms with van der Waals surface area (Å²) in [4.78, 5) is 12.1. The Labute approximate surface area is 98.5 Å². The van der Waals surface area contributed by atoms with E-state index in [0.29, 0.717) is 6.61 Å². The van der Waals surface area contributed by atoms with E-state index in [9.17, 15) is 4.79 Å². The molecule has 3 nitrogen and oxygen atoms in total. The molecule has 92 valence electrons. The Morgan fingerprint density at radius 2 is 2.06 bits per heavy atom. The zero-order valence-electron chi connectivity index (χ0n) is 10.1. The molecule has 0 unspecified atom stereocenters. The number of hydrogen-bond acceptors (Lipinski definition) is 3. The van der Waals surface area contributed by atoms with Crippen molar-refractivity contribution in [1.29, 1.82) is 0 Å². The maximum atomic E-state index is 12.1. The first-order valence-corrected chi connectivity index (χ1v) is 6.36. The van der Waals surface area contributed by atoms with Crippen LogP contribution in [0.15, 0.2) is 11.3 Å². The number of allylic oxidation sites excluding steroid dienone is 1. The van der Waals surface area contributed by atoms with Crippen molar-refractivity contribution in [2.75, 3.05) is 6.61 Å². The van der Waals surface area contributed by atoms with Gasteiger partial charge >= 0.3 is 5.97 Å². The number of nitrogens with two attached hydrogens (primary N) is 1. The predicted molar refractivity (Wildman–Crippen MR) is 64.7 cm³/mol. The third-order valence-electron chi connectivity index (χ3n) is 3.96. The highest BCUT2D eigenvalue weighted by molar-refractivity contribution is 5.82. The van der Waals surface area contributed by atoms with Crippen LogP contribution in [0.25, 0.3) is 0 Å². The molecule has 2 N–H and O–H groups in total. The molecule has 3 heteroatoms. The smallest absolute Gasteiger partial charge is 0.316 e. The Bertz CT molecular complexity index is 321. The molecule has 0 aromatic carbocycles. The monoisotopic (exact) mass is 225 g/mol. The molecule has 0 aliphatic heterocycles. The molecular weight excluding hydrogens is 202 g/mol. The van der Waals surface area contributed by atoms with Crippen molar-refractivity contribution in [2.24, 2.45) is 11.1 Å². The average molecular weight is 225 g/mol. The minimum Gasteiger partial charge on any atom is -0.465 e. The summed E-state index contributed by atoms with van der Waals surface area (Å²) >= 11 is 0. The van der Waals surface area contributed by atoms with Gasteiger partial charge in [0.2, 0.25) is 0 Å². The maximum Gasteiger partial charge on any atom is 0.316 e. The van der Waals surface area contributed by atoms with Gasteiger partial charge in [-0.05, 0) is 51.0 Å². The van der Waals surface area contributed by atoms with Crippen LogP contribution < -0.4 is 5.73 Å². The fraction of sp³-hybridized carbons (Fsp3) is 0.769. The van der Waals surface area contributed by atoms with Crippen LogP contribution in [0.1, 0.15) is 53.3 Å². The van der Waals surface area contributed by atoms with E-state index in [2.05, 4.69) is 0 Å². The van der Waals surface area contributed by atoms with Gasteiger partial charge in [-0.3, -0.25) is 4.79 Å². The molecule has 16 heavy (non-hydrogen) atoms. The van der Waals surface area contributed by atoms with E-state index in [0.717, 1.165) is 50.6 Å². The van der Waals surface area contributed by atoms with Crippen molar-refractivity contribution in [3.63, 3.8) is 0 Å². The van der Waals surface area contributed by atoms with E-state index in [1.165, 1.54) is 5.57 Å². The molecule has 2 rings (SSSR count). The van der Waals surface area contributed by atoms with Crippen LogP contribution in [0.3, 0.4) is 0 Å². The summed E-state index contributed by atoms with van der Waals surface area (Å²) in [6, 6.07) is 0. The third-order valence-corrected chi connectivity index (χ3v) is 3.96. The van der Waals surface area contributed by atoms with E-state index in [1.807, 2.05) is 6.92 Å². The minimum absolute atomic E-state index is 0. The van der Waals surface area contributed by atoms with Crippen molar-refractivity contribution in [3.8, 4) is 0 Å². The Hall–Kier alpha value is -0.990. The summed E-state index contributed by atoms with van der Waals surface area (Å²) in [5.74, 6) is -0.0406. The molecule has 0 spiro atoms. The van der Waals surface area contributed by atoms with Gasteiger partial charge in [0.15, 0.2) is 0 Å². The van der Waals surface area contributed by atoms with Crippen LogP contribution in [0.2, 0.25) is 0 Å². The SMILES string of the molecule is CCOC(=O)C1(C2=C(N)CCCC2)CCC1.[HH]. The number of hydrogen-bond donors (Lipinski definition) is 1. The van der Waals surface area contributed by atoms with E-state index in [4.69, 9.17) is 10.5 Å². The van der Waals surface area contributed by atoms with Crippen LogP contribution in [-0.4, -0.2) is 12.6 Å². The van der Waals surface area contributed by atoms with Crippen molar-refractivity contribution in [3.05, 3.63) is 11.3 Å². The second kappa shape index (κ2) is 4.48. The first kappa shape index (κ1) is 11.5. The molecule has 0 radical (unpaired) electrons. The van der Waals surface area contributed by atoms with Gasteiger partial charge in [0.25, 0.3) is 0 Å². The molecule has 1 saturated carbocycles. The lowest BCUT2D eigenvalue weighted by molar-refractivity contribution is -0.158. The fourth-order valence-corrected chi connectivity index (χ4v) is 2.90. The van der Waals surface area contributed by atoms with E-state index in [-0.39, 0.29) is 12.8 Å². The number of carbonyl (C=O) groups excluding carboxylic acids is 1. The molecule has 0 atom stereocenters. The highest BCUT2D eigenvalue weighted by Gasteiger charge is 2.49. The average Bonchev–Trinajstić information content (AvgIpc) is 2.19. The molecule has 0 aromatic heterocycles. The minimum atomic E-state index is -0.333. The first-order valence-electron chi connectivity index (χ1n) is 6.36. The molecule has 0 bridgehead atoms. The third kappa shape index (κ3) is 1.72. The standard InChI is InChI=1S/C13H21NO2.H2/c1-2-16-12(15)13(8-5-9-13)10-6-3-4-7-11(10)14;/h2-9,14H2,1H3;1H. The lowest BCUT2D eigenvalue weighted by Gasteiger charge is -2.43. The quantitative estimate of drug-likeness (QED) is 0.751. The van der Waals surface area contributed by atoms with E-state index < -0.39 is 0 Å². The Morgan fingerprint density at radius 3 is 2.56 bits per heavy atom. The fourth-order valence-electron chi connectivity index (χ4n) is 2.90. The largest absolute Gasteiger partial charge is 0.465 e. The number of rotatable bonds is 3. The second-order valence-corrected chi connectivity index (χ2v) is 4.87. The number of carbonyl (C=O) groups is 1. The lowest BCUT2D eigenvalue weighted by atomic mass is 9.61. The van der Waals surface area contributed by atoms with Crippen LogP contribution in [-0.2, 0) is 9.53 Å². The second-order valence-electron chi connectivity index (χ2n) is 4.87. The summed E-state index contributed by atoms with van der Waals surface area (Å²) in [5.41, 5.74) is 7.90. The van der Waals surface area contributed by atoms with Crippen molar-refractivity contribution in [2.45, 2.75) is 51.9 Å². The highest BCUT2D eigenvalue weighted by Crippen LogP contribution is 2.51. The van der Waals surface area contributed by atoms with Crippen LogP contribution in [0, 0.1) is 5.41 Å². The zero-order valence-corrected chi connectivity index (χ0v) is 10.1. The molecule has 0 saturated heterocycles. The van der Waals surface area contributed by atoms with Gasteiger partial charge in [-0.25, -0.2) is 0 Å². The summed E-state index contributed by atoms with van der Waals surface area (Å²) < 4.78 is 5.22. The van der Waals surface area contributed by atoms with E-state index >= 15 is 0 Å². The van der Waals surface area contributed by atoms with Gasteiger partial charge < -0.3 is 10.5 Å². The maximum absolute atomic E-state index is 12.1. The Morgan fingerprint density at radius 1 is 1.38 bits per heavy atom. The van der Waals surface area contributed by atoms with E-state index in [1.54, 1.807) is 0 Å².